The van der Waals surface area contributed by atoms with Crippen molar-refractivity contribution in [2.45, 2.75) is 57.7 Å². The zero-order chi connectivity index (χ0) is 13.0. The van der Waals surface area contributed by atoms with Crippen molar-refractivity contribution in [1.82, 2.24) is 0 Å². The van der Waals surface area contributed by atoms with E-state index < -0.39 is 0 Å². The minimum absolute atomic E-state index is 0.0614. The van der Waals surface area contributed by atoms with Gasteiger partial charge in [0, 0.05) is 19.3 Å². The van der Waals surface area contributed by atoms with Gasteiger partial charge in [-0.2, -0.15) is 0 Å². The van der Waals surface area contributed by atoms with Crippen molar-refractivity contribution in [1.29, 1.82) is 0 Å². The molecule has 0 radical (unpaired) electrons. The van der Waals surface area contributed by atoms with Crippen LogP contribution in [0.3, 0.4) is 0 Å². The van der Waals surface area contributed by atoms with Gasteiger partial charge in [0.15, 0.2) is 0 Å². The van der Waals surface area contributed by atoms with E-state index in [0.717, 1.165) is 19.4 Å². The lowest BCUT2D eigenvalue weighted by molar-refractivity contribution is -0.723. The minimum atomic E-state index is 0.0614. The lowest BCUT2D eigenvalue weighted by atomic mass is 9.93. The van der Waals surface area contributed by atoms with Crippen LogP contribution in [0, 0.1) is 0 Å². The predicted molar refractivity (Wildman–Crippen MR) is 74.6 cm³/mol. The number of rotatable bonds is 4. The number of nitrogens with two attached hydrogens (primary N) is 1. The summed E-state index contributed by atoms with van der Waals surface area (Å²) in [4.78, 5) is 0. The van der Waals surface area contributed by atoms with Crippen LogP contribution in [0.2, 0.25) is 0 Å². The van der Waals surface area contributed by atoms with Gasteiger partial charge in [0.25, 0.3) is 0 Å². The Balaban J connectivity index is 1.82. The number of hydrogen-bond acceptors (Lipinski definition) is 1. The van der Waals surface area contributed by atoms with Gasteiger partial charge in [-0.1, -0.05) is 30.3 Å². The Kier molecular flexibility index (Phi) is 4.41. The largest absolute Gasteiger partial charge is 0.375 e. The maximum absolute atomic E-state index is 5.78. The van der Waals surface area contributed by atoms with E-state index in [2.05, 4.69) is 56.4 Å². The molecule has 18 heavy (non-hydrogen) atoms. The van der Waals surface area contributed by atoms with Gasteiger partial charge in [-0.05, 0) is 26.3 Å². The third-order valence-corrected chi connectivity index (χ3v) is 3.74. The van der Waals surface area contributed by atoms with Gasteiger partial charge in [-0.15, -0.1) is 0 Å². The summed E-state index contributed by atoms with van der Waals surface area (Å²) in [5.41, 5.74) is 1.50. The molecule has 0 saturated carbocycles. The number of hydrogen-bond donors (Lipinski definition) is 1. The van der Waals surface area contributed by atoms with Gasteiger partial charge in [-0.25, -0.2) is 0 Å². The summed E-state index contributed by atoms with van der Waals surface area (Å²) in [6.07, 6.45) is 3.49. The molecule has 1 aliphatic heterocycles. The van der Waals surface area contributed by atoms with Crippen molar-refractivity contribution in [3.63, 3.8) is 0 Å². The highest BCUT2D eigenvalue weighted by atomic mass is 16.5. The van der Waals surface area contributed by atoms with Crippen molar-refractivity contribution < 1.29 is 10.1 Å². The van der Waals surface area contributed by atoms with Crippen LogP contribution in [0.4, 0.5) is 0 Å². The molecule has 0 aliphatic carbocycles. The topological polar surface area (TPSA) is 25.8 Å². The molecule has 0 aromatic heterocycles. The second kappa shape index (κ2) is 5.85. The average Bonchev–Trinajstić information content (AvgIpc) is 2.28. The van der Waals surface area contributed by atoms with Crippen molar-refractivity contribution in [2.75, 3.05) is 6.61 Å². The Bertz CT molecular complexity index is 361. The van der Waals surface area contributed by atoms with Crippen LogP contribution < -0.4 is 5.32 Å². The zero-order valence-electron chi connectivity index (χ0n) is 11.9. The maximum atomic E-state index is 5.78. The summed E-state index contributed by atoms with van der Waals surface area (Å²) in [5.74, 6) is 0. The first-order valence-corrected chi connectivity index (χ1v) is 7.08. The fraction of sp³-hybridized carbons (Fsp3) is 0.625. The molecule has 0 amide bonds. The predicted octanol–water partition coefficient (Wildman–Crippen LogP) is 2.14. The first kappa shape index (κ1) is 13.6. The van der Waals surface area contributed by atoms with E-state index in [1.807, 2.05) is 0 Å². The summed E-state index contributed by atoms with van der Waals surface area (Å²) >= 11 is 0. The van der Waals surface area contributed by atoms with E-state index >= 15 is 0 Å². The third-order valence-electron chi connectivity index (χ3n) is 3.74. The van der Waals surface area contributed by atoms with Gasteiger partial charge in [0.1, 0.15) is 0 Å². The normalized spacial score (nSPS) is 24.7. The van der Waals surface area contributed by atoms with Crippen LogP contribution in [0.5, 0.6) is 0 Å². The summed E-state index contributed by atoms with van der Waals surface area (Å²) in [5, 5.41) is 2.54. The minimum Gasteiger partial charge on any atom is -0.375 e. The zero-order valence-corrected chi connectivity index (χ0v) is 11.9. The molecule has 0 unspecified atom stereocenters. The molecule has 2 atom stereocenters. The lowest BCUT2D eigenvalue weighted by Crippen LogP contribution is -2.95. The first-order valence-electron chi connectivity index (χ1n) is 7.08. The lowest BCUT2D eigenvalue weighted by Gasteiger charge is -2.35. The molecular weight excluding hydrogens is 222 g/mol. The highest BCUT2D eigenvalue weighted by Crippen LogP contribution is 2.22. The van der Waals surface area contributed by atoms with Crippen LogP contribution in [0.15, 0.2) is 30.3 Å². The van der Waals surface area contributed by atoms with E-state index in [0.29, 0.717) is 12.1 Å². The molecule has 0 spiro atoms. The Hall–Kier alpha value is -0.860. The van der Waals surface area contributed by atoms with Gasteiger partial charge in [0.05, 0.1) is 24.3 Å². The Morgan fingerprint density at radius 1 is 1.33 bits per heavy atom. The Morgan fingerprint density at radius 2 is 2.06 bits per heavy atom. The average molecular weight is 248 g/mol. The van der Waals surface area contributed by atoms with Crippen LogP contribution in [-0.4, -0.2) is 24.3 Å². The molecule has 1 aromatic carbocycles. The molecule has 1 aliphatic rings. The second-order valence-electron chi connectivity index (χ2n) is 6.22. The van der Waals surface area contributed by atoms with Crippen LogP contribution in [0.25, 0.3) is 0 Å². The summed E-state index contributed by atoms with van der Waals surface area (Å²) in [6, 6.07) is 12.1. The molecule has 1 heterocycles. The van der Waals surface area contributed by atoms with Crippen molar-refractivity contribution in [2.24, 2.45) is 0 Å². The van der Waals surface area contributed by atoms with E-state index in [9.17, 15) is 0 Å². The smallest absolute Gasteiger partial charge is 0.0911 e. The third kappa shape index (κ3) is 4.11. The second-order valence-corrected chi connectivity index (χ2v) is 6.22. The van der Waals surface area contributed by atoms with Crippen LogP contribution in [-0.2, 0) is 11.2 Å². The summed E-state index contributed by atoms with van der Waals surface area (Å²) in [7, 11) is 0. The van der Waals surface area contributed by atoms with E-state index in [1.54, 1.807) is 0 Å². The fourth-order valence-corrected chi connectivity index (χ4v) is 2.96. The number of quaternary nitrogens is 1. The van der Waals surface area contributed by atoms with Crippen molar-refractivity contribution in [3.05, 3.63) is 35.9 Å². The van der Waals surface area contributed by atoms with Crippen molar-refractivity contribution in [3.8, 4) is 0 Å². The highest BCUT2D eigenvalue weighted by Gasteiger charge is 2.31. The van der Waals surface area contributed by atoms with E-state index in [4.69, 9.17) is 4.74 Å². The fourth-order valence-electron chi connectivity index (χ4n) is 2.96. The molecule has 1 saturated heterocycles. The van der Waals surface area contributed by atoms with Crippen LogP contribution >= 0.6 is 0 Å². The van der Waals surface area contributed by atoms with E-state index in [-0.39, 0.29) is 5.60 Å². The van der Waals surface area contributed by atoms with Gasteiger partial charge in [0.2, 0.25) is 0 Å². The summed E-state index contributed by atoms with van der Waals surface area (Å²) < 4.78 is 5.78. The molecule has 100 valence electrons. The molecule has 1 aromatic rings. The Morgan fingerprint density at radius 3 is 2.72 bits per heavy atom. The Labute approximate surface area is 111 Å². The number of benzene rings is 1. The van der Waals surface area contributed by atoms with Crippen molar-refractivity contribution >= 4 is 0 Å². The van der Waals surface area contributed by atoms with Crippen LogP contribution in [0.1, 0.15) is 39.2 Å². The van der Waals surface area contributed by atoms with Gasteiger partial charge < -0.3 is 10.1 Å². The molecular formula is C16H26NO+. The summed E-state index contributed by atoms with van der Waals surface area (Å²) in [6.45, 7) is 7.64. The quantitative estimate of drug-likeness (QED) is 0.868. The molecule has 1 fully saturated rings. The SMILES string of the molecule is C[C@@H](Cc1ccccc1)[NH2+][C@@H]1CCOC(C)(C)C1. The first-order chi connectivity index (χ1) is 8.55. The molecule has 2 nitrogen and oxygen atoms in total. The van der Waals surface area contributed by atoms with Gasteiger partial charge >= 0.3 is 0 Å². The molecule has 2 N–H and O–H groups in total. The maximum Gasteiger partial charge on any atom is 0.0911 e. The highest BCUT2D eigenvalue weighted by molar-refractivity contribution is 5.15. The molecule has 0 bridgehead atoms. The van der Waals surface area contributed by atoms with Gasteiger partial charge in [-0.3, -0.25) is 0 Å². The molecule has 2 rings (SSSR count). The molecule has 2 heteroatoms. The standard InChI is InChI=1S/C16H25NO/c1-13(11-14-7-5-4-6-8-14)17-15-9-10-18-16(2,3)12-15/h4-8,13,15,17H,9-12H2,1-3H3/p+1/t13-,15+/m0/s1. The number of ether oxygens (including phenoxy) is 1. The van der Waals surface area contributed by atoms with E-state index in [1.165, 1.54) is 12.0 Å². The monoisotopic (exact) mass is 248 g/mol.